The number of ketones is 1. The van der Waals surface area contributed by atoms with Crippen molar-refractivity contribution in [2.45, 2.75) is 39.3 Å². The quantitative estimate of drug-likeness (QED) is 0.713. The van der Waals surface area contributed by atoms with Gasteiger partial charge in [-0.3, -0.25) is 4.79 Å². The van der Waals surface area contributed by atoms with Crippen molar-refractivity contribution in [3.63, 3.8) is 0 Å². The highest BCUT2D eigenvalue weighted by atomic mass is 32.2. The largest absolute Gasteiger partial charge is 0.416 e. The number of carbonyl (C=O) groups excluding carboxylic acids is 1. The summed E-state index contributed by atoms with van der Waals surface area (Å²) in [4.78, 5) is 18.4. The Morgan fingerprint density at radius 3 is 2.40 bits per heavy atom. The fourth-order valence-electron chi connectivity index (χ4n) is 5.47. The summed E-state index contributed by atoms with van der Waals surface area (Å²) >= 11 is 0. The maximum atomic E-state index is 13.2. The van der Waals surface area contributed by atoms with Crippen LogP contribution in [-0.4, -0.2) is 55.4 Å². The third kappa shape index (κ3) is 3.32. The number of aromatic nitrogens is 1. The molecule has 10 heteroatoms. The number of fused-ring (bicyclic) bond motifs is 2. The molecule has 3 fully saturated rings. The Balaban J connectivity index is 1.46. The second kappa shape index (κ2) is 6.91. The van der Waals surface area contributed by atoms with E-state index in [9.17, 15) is 26.4 Å². The topological polar surface area (TPSA) is 70.6 Å². The highest BCUT2D eigenvalue weighted by Gasteiger charge is 2.65. The number of nitrogens with zero attached hydrogens (tertiary/aromatic N) is 3. The summed E-state index contributed by atoms with van der Waals surface area (Å²) in [6.07, 6.45) is -1.40. The van der Waals surface area contributed by atoms with E-state index in [1.165, 1.54) is 4.31 Å². The zero-order chi connectivity index (χ0) is 21.9. The lowest BCUT2D eigenvalue weighted by Crippen LogP contribution is -2.53. The van der Waals surface area contributed by atoms with Crippen molar-refractivity contribution in [2.24, 2.45) is 16.7 Å². The van der Waals surface area contributed by atoms with Crippen molar-refractivity contribution in [2.75, 3.05) is 36.8 Å². The number of rotatable bonds is 4. The number of Topliss-reactive ketones (excluding diaryl/α,β-unsaturated/α-hetero) is 1. The van der Waals surface area contributed by atoms with Crippen molar-refractivity contribution in [1.29, 1.82) is 0 Å². The van der Waals surface area contributed by atoms with Crippen LogP contribution in [-0.2, 0) is 21.0 Å². The molecule has 0 N–H and O–H groups in total. The summed E-state index contributed by atoms with van der Waals surface area (Å²) in [6.45, 7) is 4.83. The van der Waals surface area contributed by atoms with Gasteiger partial charge in [0.05, 0.1) is 11.3 Å². The van der Waals surface area contributed by atoms with Gasteiger partial charge in [0.1, 0.15) is 11.6 Å². The average Bonchev–Trinajstić information content (AvgIpc) is 3.01. The van der Waals surface area contributed by atoms with E-state index in [2.05, 4.69) is 4.98 Å². The molecule has 2 heterocycles. The minimum Gasteiger partial charge on any atom is -0.354 e. The highest BCUT2D eigenvalue weighted by molar-refractivity contribution is 7.89. The number of sulfonamides is 1. The van der Waals surface area contributed by atoms with Gasteiger partial charge in [0.15, 0.2) is 0 Å². The number of piperazine rings is 1. The van der Waals surface area contributed by atoms with E-state index in [0.717, 1.165) is 24.8 Å². The van der Waals surface area contributed by atoms with E-state index in [1.54, 1.807) is 4.90 Å². The van der Waals surface area contributed by atoms with Gasteiger partial charge >= 0.3 is 6.18 Å². The van der Waals surface area contributed by atoms with Crippen LogP contribution in [0.4, 0.5) is 19.0 Å². The van der Waals surface area contributed by atoms with Gasteiger partial charge in [-0.1, -0.05) is 13.8 Å². The van der Waals surface area contributed by atoms with Crippen LogP contribution in [0.25, 0.3) is 0 Å². The van der Waals surface area contributed by atoms with Crippen molar-refractivity contribution in [1.82, 2.24) is 9.29 Å². The van der Waals surface area contributed by atoms with Crippen LogP contribution in [0, 0.1) is 16.7 Å². The Hall–Kier alpha value is -1.68. The molecule has 2 atom stereocenters. The molecule has 0 amide bonds. The van der Waals surface area contributed by atoms with Crippen LogP contribution >= 0.6 is 0 Å². The fraction of sp³-hybridized carbons (Fsp3) is 0.700. The summed E-state index contributed by atoms with van der Waals surface area (Å²) in [5.41, 5.74) is -1.93. The monoisotopic (exact) mass is 445 g/mol. The molecule has 6 nitrogen and oxygen atoms in total. The molecule has 1 aromatic rings. The molecule has 0 spiro atoms. The van der Waals surface area contributed by atoms with E-state index >= 15 is 0 Å². The van der Waals surface area contributed by atoms with Gasteiger partial charge < -0.3 is 4.90 Å². The number of anilines is 1. The predicted octanol–water partition coefficient (Wildman–Crippen LogP) is 2.95. The Morgan fingerprint density at radius 2 is 1.87 bits per heavy atom. The lowest BCUT2D eigenvalue weighted by atomic mass is 9.70. The summed E-state index contributed by atoms with van der Waals surface area (Å²) in [5, 5.41) is 0. The Bertz CT molecular complexity index is 956. The third-order valence-corrected chi connectivity index (χ3v) is 9.61. The van der Waals surface area contributed by atoms with Crippen molar-refractivity contribution < 1.29 is 26.4 Å². The first-order valence-corrected chi connectivity index (χ1v) is 11.8. The molecule has 2 bridgehead atoms. The number of hydrogen-bond donors (Lipinski definition) is 0. The predicted molar refractivity (Wildman–Crippen MR) is 105 cm³/mol. The zero-order valence-corrected chi connectivity index (χ0v) is 17.9. The first-order chi connectivity index (χ1) is 13.9. The molecule has 2 aliphatic carbocycles. The van der Waals surface area contributed by atoms with Crippen LogP contribution in [0.2, 0.25) is 0 Å². The molecule has 30 heavy (non-hydrogen) atoms. The van der Waals surface area contributed by atoms with Gasteiger partial charge in [0.2, 0.25) is 10.0 Å². The van der Waals surface area contributed by atoms with E-state index in [4.69, 9.17) is 0 Å². The molecular formula is C20H26F3N3O3S. The summed E-state index contributed by atoms with van der Waals surface area (Å²) in [7, 11) is -3.67. The lowest BCUT2D eigenvalue weighted by Gasteiger charge is -2.40. The molecule has 3 aliphatic rings. The lowest BCUT2D eigenvalue weighted by molar-refractivity contribution is -0.137. The highest BCUT2D eigenvalue weighted by Crippen LogP contribution is 2.64. The molecule has 1 aliphatic heterocycles. The molecule has 2 saturated carbocycles. The van der Waals surface area contributed by atoms with Crippen LogP contribution < -0.4 is 4.90 Å². The van der Waals surface area contributed by atoms with E-state index < -0.39 is 27.2 Å². The maximum Gasteiger partial charge on any atom is 0.416 e. The maximum absolute atomic E-state index is 13.2. The van der Waals surface area contributed by atoms with Gasteiger partial charge in [0, 0.05) is 44.2 Å². The molecular weight excluding hydrogens is 419 g/mol. The van der Waals surface area contributed by atoms with Crippen LogP contribution in [0.15, 0.2) is 18.3 Å². The molecule has 4 rings (SSSR count). The molecule has 0 radical (unpaired) electrons. The smallest absolute Gasteiger partial charge is 0.354 e. The molecule has 0 unspecified atom stereocenters. The molecule has 0 aromatic carbocycles. The van der Waals surface area contributed by atoms with Crippen LogP contribution in [0.3, 0.4) is 0 Å². The average molecular weight is 446 g/mol. The fourth-order valence-corrected chi connectivity index (χ4v) is 7.68. The second-order valence-electron chi connectivity index (χ2n) is 9.21. The first kappa shape index (κ1) is 21.5. The normalized spacial score (nSPS) is 29.6. The van der Waals surface area contributed by atoms with E-state index in [-0.39, 0.29) is 54.9 Å². The van der Waals surface area contributed by atoms with Gasteiger partial charge in [-0.2, -0.15) is 17.5 Å². The third-order valence-electron chi connectivity index (χ3n) is 7.60. The van der Waals surface area contributed by atoms with E-state index in [0.29, 0.717) is 12.8 Å². The minimum absolute atomic E-state index is 0.0547. The van der Waals surface area contributed by atoms with Crippen molar-refractivity contribution in [3.05, 3.63) is 23.9 Å². The number of carbonyl (C=O) groups is 1. The standard InChI is InChI=1S/C20H26F3N3O3S/c1-18(2)14-3-5-19(18,16(27)11-14)13-30(28,29)26-9-7-25(8-10-26)17-12-15(4-6-24-17)20(21,22)23/h4,6,12,14H,3,5,7-11,13H2,1-2H3/t14-,19-/m1/s1. The summed E-state index contributed by atoms with van der Waals surface area (Å²) < 4.78 is 66.6. The van der Waals surface area contributed by atoms with Crippen LogP contribution in [0.5, 0.6) is 0 Å². The SMILES string of the molecule is CC1(C)[C@@H]2CC[C@@]1(CS(=O)(=O)N1CCN(c3cc(C(F)(F)F)ccn3)CC1)C(=O)C2. The molecule has 1 saturated heterocycles. The van der Waals surface area contributed by atoms with Crippen LogP contribution in [0.1, 0.15) is 38.7 Å². The minimum atomic E-state index is -4.46. The number of alkyl halides is 3. The van der Waals surface area contributed by atoms with Gasteiger partial charge in [-0.25, -0.2) is 13.4 Å². The van der Waals surface area contributed by atoms with Crippen molar-refractivity contribution in [3.8, 4) is 0 Å². The van der Waals surface area contributed by atoms with Gasteiger partial charge in [0.25, 0.3) is 0 Å². The number of hydrogen-bond acceptors (Lipinski definition) is 5. The summed E-state index contributed by atoms with van der Waals surface area (Å²) in [5.74, 6) is 0.304. The van der Waals surface area contributed by atoms with Gasteiger partial charge in [-0.15, -0.1) is 0 Å². The summed E-state index contributed by atoms with van der Waals surface area (Å²) in [6, 6.07) is 1.90. The number of halogens is 3. The Morgan fingerprint density at radius 1 is 1.20 bits per heavy atom. The second-order valence-corrected chi connectivity index (χ2v) is 11.2. The first-order valence-electron chi connectivity index (χ1n) is 10.2. The Kier molecular flexibility index (Phi) is 4.97. The molecule has 166 valence electrons. The molecule has 1 aromatic heterocycles. The Labute approximate surface area is 174 Å². The van der Waals surface area contributed by atoms with Crippen molar-refractivity contribution >= 4 is 21.6 Å². The zero-order valence-electron chi connectivity index (χ0n) is 17.1. The van der Waals surface area contributed by atoms with E-state index in [1.807, 2.05) is 13.8 Å². The number of pyridine rings is 1. The van der Waals surface area contributed by atoms with Gasteiger partial charge in [-0.05, 0) is 36.3 Å².